The molecule has 2 amide bonds. The van der Waals surface area contributed by atoms with E-state index in [1.165, 1.54) is 4.90 Å². The van der Waals surface area contributed by atoms with Crippen LogP contribution in [-0.2, 0) is 4.79 Å². The molecule has 1 heterocycles. The van der Waals surface area contributed by atoms with Gasteiger partial charge in [0, 0.05) is 31.2 Å². The summed E-state index contributed by atoms with van der Waals surface area (Å²) in [6.07, 6.45) is 0. The number of aryl methyl sites for hydroxylation is 2. The number of aromatic nitrogens is 1. The van der Waals surface area contributed by atoms with Crippen molar-refractivity contribution in [3.8, 4) is 5.69 Å². The molecule has 128 valence electrons. The lowest BCUT2D eigenvalue weighted by Crippen LogP contribution is -2.44. The van der Waals surface area contributed by atoms with Crippen molar-refractivity contribution in [3.05, 3.63) is 52.8 Å². The molecule has 0 saturated heterocycles. The Morgan fingerprint density at radius 1 is 1.12 bits per heavy atom. The third kappa shape index (κ3) is 3.35. The summed E-state index contributed by atoms with van der Waals surface area (Å²) in [5.74, 6) is -0.360. The fraction of sp³-hybridized carbons (Fsp3) is 0.368. The summed E-state index contributed by atoms with van der Waals surface area (Å²) in [7, 11) is 3.35. The molecule has 0 aliphatic rings. The number of amides is 2. The number of likely N-dealkylation sites (N-methyl/N-ethyl adjacent to an activating group) is 1. The minimum Gasteiger partial charge on any atom is -0.347 e. The number of nitrogens with zero attached hydrogens (tertiary/aromatic N) is 2. The largest absolute Gasteiger partial charge is 0.347 e. The van der Waals surface area contributed by atoms with Crippen LogP contribution >= 0.6 is 0 Å². The van der Waals surface area contributed by atoms with E-state index in [2.05, 4.69) is 9.88 Å². The van der Waals surface area contributed by atoms with Gasteiger partial charge in [-0.25, -0.2) is 0 Å². The third-order valence-corrected chi connectivity index (χ3v) is 4.19. The summed E-state index contributed by atoms with van der Waals surface area (Å²) < 4.78 is 2.07. The van der Waals surface area contributed by atoms with Crippen molar-refractivity contribution in [2.75, 3.05) is 14.1 Å². The van der Waals surface area contributed by atoms with Gasteiger partial charge in [0.25, 0.3) is 5.91 Å². The Hall–Kier alpha value is -2.56. The summed E-state index contributed by atoms with van der Waals surface area (Å²) >= 11 is 0. The molecular weight excluding hydrogens is 302 g/mol. The van der Waals surface area contributed by atoms with Crippen LogP contribution in [0.1, 0.15) is 34.2 Å². The van der Waals surface area contributed by atoms with Crippen LogP contribution in [0.2, 0.25) is 0 Å². The van der Waals surface area contributed by atoms with Crippen molar-refractivity contribution in [1.82, 2.24) is 14.8 Å². The smallest absolute Gasteiger partial charge is 0.253 e. The molecular formula is C19H25N3O2. The van der Waals surface area contributed by atoms with Gasteiger partial charge < -0.3 is 14.8 Å². The second kappa shape index (κ2) is 6.91. The second-order valence-electron chi connectivity index (χ2n) is 6.33. The first kappa shape index (κ1) is 17.8. The first-order valence-electron chi connectivity index (χ1n) is 8.01. The first-order valence-corrected chi connectivity index (χ1v) is 8.01. The van der Waals surface area contributed by atoms with Crippen molar-refractivity contribution >= 4 is 11.8 Å². The first-order chi connectivity index (χ1) is 11.2. The Kier molecular flexibility index (Phi) is 5.12. The maximum atomic E-state index is 12.6. The zero-order valence-electron chi connectivity index (χ0n) is 15.2. The Labute approximate surface area is 143 Å². The molecule has 0 aliphatic heterocycles. The van der Waals surface area contributed by atoms with Gasteiger partial charge in [0.2, 0.25) is 5.91 Å². The topological polar surface area (TPSA) is 54.3 Å². The maximum Gasteiger partial charge on any atom is 0.253 e. The van der Waals surface area contributed by atoms with Gasteiger partial charge >= 0.3 is 0 Å². The summed E-state index contributed by atoms with van der Waals surface area (Å²) in [6.45, 7) is 7.64. The lowest BCUT2D eigenvalue weighted by atomic mass is 10.2. The van der Waals surface area contributed by atoms with E-state index in [1.807, 2.05) is 51.1 Å². The van der Waals surface area contributed by atoms with Gasteiger partial charge in [-0.15, -0.1) is 0 Å². The number of para-hydroxylation sites is 1. The molecule has 0 bridgehead atoms. The van der Waals surface area contributed by atoms with Crippen molar-refractivity contribution in [1.29, 1.82) is 0 Å². The van der Waals surface area contributed by atoms with Gasteiger partial charge in [-0.05, 0) is 45.4 Å². The molecule has 1 aromatic carbocycles. The van der Waals surface area contributed by atoms with E-state index in [1.54, 1.807) is 21.0 Å². The Morgan fingerprint density at radius 2 is 1.75 bits per heavy atom. The quantitative estimate of drug-likeness (QED) is 0.938. The number of carbonyl (C=O) groups is 2. The molecule has 0 spiro atoms. The minimum absolute atomic E-state index is 0.129. The number of rotatable bonds is 4. The molecule has 24 heavy (non-hydrogen) atoms. The van der Waals surface area contributed by atoms with E-state index in [0.717, 1.165) is 22.6 Å². The van der Waals surface area contributed by atoms with Crippen molar-refractivity contribution < 1.29 is 9.59 Å². The number of benzene rings is 1. The Balaban J connectivity index is 2.34. The molecule has 0 fully saturated rings. The molecule has 0 aliphatic carbocycles. The van der Waals surface area contributed by atoms with Crippen LogP contribution in [0.15, 0.2) is 30.3 Å². The number of hydrogen-bond acceptors (Lipinski definition) is 2. The summed E-state index contributed by atoms with van der Waals surface area (Å²) in [5.41, 5.74) is 4.64. The Morgan fingerprint density at radius 3 is 2.33 bits per heavy atom. The van der Waals surface area contributed by atoms with Gasteiger partial charge in [-0.2, -0.15) is 0 Å². The SMILES string of the molecule is Cc1ccccc1-n1c(C)cc(C(=O)N[C@@H](C)C(=O)N(C)C)c1C. The molecule has 1 atom stereocenters. The van der Waals surface area contributed by atoms with Gasteiger partial charge in [-0.3, -0.25) is 9.59 Å². The van der Waals surface area contributed by atoms with Crippen molar-refractivity contribution in [2.45, 2.75) is 33.7 Å². The predicted octanol–water partition coefficient (Wildman–Crippen LogP) is 2.61. The van der Waals surface area contributed by atoms with Crippen LogP contribution in [-0.4, -0.2) is 41.4 Å². The van der Waals surface area contributed by atoms with E-state index in [0.29, 0.717) is 5.56 Å². The van der Waals surface area contributed by atoms with Crippen LogP contribution in [0, 0.1) is 20.8 Å². The van der Waals surface area contributed by atoms with Crippen LogP contribution in [0.4, 0.5) is 0 Å². The minimum atomic E-state index is -0.561. The van der Waals surface area contributed by atoms with E-state index < -0.39 is 6.04 Å². The molecule has 2 aromatic rings. The second-order valence-corrected chi connectivity index (χ2v) is 6.33. The number of hydrogen-bond donors (Lipinski definition) is 1. The van der Waals surface area contributed by atoms with Crippen LogP contribution in [0.25, 0.3) is 5.69 Å². The highest BCUT2D eigenvalue weighted by Crippen LogP contribution is 2.23. The van der Waals surface area contributed by atoms with Crippen molar-refractivity contribution in [3.63, 3.8) is 0 Å². The van der Waals surface area contributed by atoms with Gasteiger partial charge in [0.15, 0.2) is 0 Å². The van der Waals surface area contributed by atoms with Crippen LogP contribution < -0.4 is 5.32 Å². The van der Waals surface area contributed by atoms with Gasteiger partial charge in [-0.1, -0.05) is 18.2 Å². The average molecular weight is 327 g/mol. The highest BCUT2D eigenvalue weighted by Gasteiger charge is 2.22. The summed E-state index contributed by atoms with van der Waals surface area (Å²) in [5, 5.41) is 2.78. The molecule has 5 heteroatoms. The predicted molar refractivity (Wildman–Crippen MR) is 95.6 cm³/mol. The molecule has 1 aromatic heterocycles. The van der Waals surface area contributed by atoms with Crippen LogP contribution in [0.3, 0.4) is 0 Å². The van der Waals surface area contributed by atoms with Gasteiger partial charge in [0.1, 0.15) is 6.04 Å². The monoisotopic (exact) mass is 327 g/mol. The average Bonchev–Trinajstić information content (AvgIpc) is 2.82. The fourth-order valence-electron chi connectivity index (χ4n) is 2.90. The normalized spacial score (nSPS) is 11.9. The molecule has 5 nitrogen and oxygen atoms in total. The zero-order valence-corrected chi connectivity index (χ0v) is 15.2. The fourth-order valence-corrected chi connectivity index (χ4v) is 2.90. The van der Waals surface area contributed by atoms with Crippen LogP contribution in [0.5, 0.6) is 0 Å². The lowest BCUT2D eigenvalue weighted by molar-refractivity contribution is -0.130. The summed E-state index contributed by atoms with van der Waals surface area (Å²) in [6, 6.07) is 9.37. The van der Waals surface area contributed by atoms with E-state index >= 15 is 0 Å². The summed E-state index contributed by atoms with van der Waals surface area (Å²) in [4.78, 5) is 26.0. The van der Waals surface area contributed by atoms with Crippen molar-refractivity contribution in [2.24, 2.45) is 0 Å². The van der Waals surface area contributed by atoms with Gasteiger partial charge in [0.05, 0.1) is 5.56 Å². The maximum absolute atomic E-state index is 12.6. The highest BCUT2D eigenvalue weighted by atomic mass is 16.2. The van der Waals surface area contributed by atoms with E-state index in [-0.39, 0.29) is 11.8 Å². The molecule has 0 saturated carbocycles. The Bertz CT molecular complexity index is 775. The highest BCUT2D eigenvalue weighted by molar-refractivity contribution is 5.98. The molecule has 0 radical (unpaired) electrons. The molecule has 2 rings (SSSR count). The number of nitrogens with one attached hydrogen (secondary N) is 1. The zero-order chi connectivity index (χ0) is 18.0. The van der Waals surface area contributed by atoms with E-state index in [9.17, 15) is 9.59 Å². The lowest BCUT2D eigenvalue weighted by Gasteiger charge is -2.18. The molecule has 0 unspecified atom stereocenters. The third-order valence-electron chi connectivity index (χ3n) is 4.19. The number of carbonyl (C=O) groups excluding carboxylic acids is 2. The molecule has 1 N–H and O–H groups in total. The standard InChI is InChI=1S/C19H25N3O2/c1-12-9-7-8-10-17(12)22-13(2)11-16(15(22)4)18(23)20-14(3)19(24)21(5)6/h7-11,14H,1-6H3,(H,20,23)/t14-/m0/s1. The van der Waals surface area contributed by atoms with E-state index in [4.69, 9.17) is 0 Å².